The van der Waals surface area contributed by atoms with Gasteiger partial charge in [-0.25, -0.2) is 0 Å². The Morgan fingerprint density at radius 1 is 1.10 bits per heavy atom. The fraction of sp³-hybridized carbons (Fsp3) is 0.862. The first kappa shape index (κ1) is 22.6. The van der Waals surface area contributed by atoms with Crippen molar-refractivity contribution in [3.63, 3.8) is 0 Å². The van der Waals surface area contributed by atoms with Crippen molar-refractivity contribution >= 4 is 0 Å². The van der Waals surface area contributed by atoms with Gasteiger partial charge >= 0.3 is 0 Å². The van der Waals surface area contributed by atoms with Crippen LogP contribution in [0.1, 0.15) is 106 Å². The summed E-state index contributed by atoms with van der Waals surface area (Å²) < 4.78 is 0. The quantitative estimate of drug-likeness (QED) is 0.454. The fourth-order valence-corrected chi connectivity index (χ4v) is 8.98. The summed E-state index contributed by atoms with van der Waals surface area (Å²) in [5.74, 6) is 5.15. The van der Waals surface area contributed by atoms with Crippen molar-refractivity contribution in [1.29, 1.82) is 0 Å². The molecule has 0 radical (unpaired) electrons. The topological polar surface area (TPSA) is 20.2 Å². The molecule has 1 nitrogen and oxygen atoms in total. The molecule has 0 unspecified atom stereocenters. The standard InChI is InChI=1S/C29H48O/c1-7-21(19(2)3)9-8-20(4)25-12-13-26-24-11-10-22-18-23(30)14-16-28(22,5)27(24)15-17-29(25,26)6/h7,10,19-20,23-27,30H,8-9,11-18H2,1-6H3/b21-7-/t20-,23-,24-,25+,26-,27-,28-,29+/m0/s1. The van der Waals surface area contributed by atoms with E-state index in [-0.39, 0.29) is 6.10 Å². The van der Waals surface area contributed by atoms with Crippen LogP contribution in [0.3, 0.4) is 0 Å². The number of aliphatic hydroxyl groups is 1. The fourth-order valence-electron chi connectivity index (χ4n) is 8.98. The van der Waals surface area contributed by atoms with Gasteiger partial charge in [-0.05, 0) is 117 Å². The van der Waals surface area contributed by atoms with E-state index in [1.165, 1.54) is 51.4 Å². The zero-order valence-corrected chi connectivity index (χ0v) is 20.7. The van der Waals surface area contributed by atoms with Crippen molar-refractivity contribution in [2.45, 2.75) is 112 Å². The summed E-state index contributed by atoms with van der Waals surface area (Å²) in [5.41, 5.74) is 4.21. The second kappa shape index (κ2) is 8.42. The normalized spacial score (nSPS) is 44.9. The lowest BCUT2D eigenvalue weighted by molar-refractivity contribution is -0.0571. The summed E-state index contributed by atoms with van der Waals surface area (Å²) in [6, 6.07) is 0. The largest absolute Gasteiger partial charge is 0.393 e. The number of hydrogen-bond acceptors (Lipinski definition) is 1. The zero-order valence-electron chi connectivity index (χ0n) is 20.7. The van der Waals surface area contributed by atoms with Crippen molar-refractivity contribution in [2.75, 3.05) is 0 Å². The Balaban J connectivity index is 1.49. The van der Waals surface area contributed by atoms with E-state index in [1.807, 2.05) is 0 Å². The Bertz CT molecular complexity index is 686. The number of rotatable bonds is 5. The van der Waals surface area contributed by atoms with Crippen LogP contribution < -0.4 is 0 Å². The molecule has 8 atom stereocenters. The van der Waals surface area contributed by atoms with Gasteiger partial charge in [0.2, 0.25) is 0 Å². The highest BCUT2D eigenvalue weighted by molar-refractivity contribution is 5.25. The summed E-state index contributed by atoms with van der Waals surface area (Å²) >= 11 is 0. The van der Waals surface area contributed by atoms with Crippen LogP contribution in [0.15, 0.2) is 23.3 Å². The Labute approximate surface area is 186 Å². The van der Waals surface area contributed by atoms with Crippen LogP contribution >= 0.6 is 0 Å². The molecule has 1 heteroatoms. The van der Waals surface area contributed by atoms with E-state index in [4.69, 9.17) is 0 Å². The average molecular weight is 413 g/mol. The van der Waals surface area contributed by atoms with Crippen LogP contribution in [-0.2, 0) is 0 Å². The summed E-state index contributed by atoms with van der Waals surface area (Å²) in [6.45, 7) is 14.7. The third-order valence-corrected chi connectivity index (χ3v) is 10.8. The van der Waals surface area contributed by atoms with Crippen LogP contribution in [0.25, 0.3) is 0 Å². The van der Waals surface area contributed by atoms with Gasteiger partial charge in [0.15, 0.2) is 0 Å². The molecule has 0 heterocycles. The molecule has 1 N–H and O–H groups in total. The van der Waals surface area contributed by atoms with Crippen molar-refractivity contribution < 1.29 is 5.11 Å². The SMILES string of the molecule is C/C=C(/CC[C@H](C)[C@H]1CC[C@H]2[C@@H]3CC=C4C[C@@H](O)CC[C@]4(C)[C@H]3CC[C@]12C)C(C)C. The Morgan fingerprint density at radius 3 is 2.57 bits per heavy atom. The number of fused-ring (bicyclic) bond motifs is 5. The highest BCUT2D eigenvalue weighted by Gasteiger charge is 2.59. The van der Waals surface area contributed by atoms with Crippen molar-refractivity contribution in [3.05, 3.63) is 23.3 Å². The molecular formula is C29H48O. The Hall–Kier alpha value is -0.560. The lowest BCUT2D eigenvalue weighted by Crippen LogP contribution is -2.50. The zero-order chi connectivity index (χ0) is 21.7. The molecule has 0 aromatic rings. The van der Waals surface area contributed by atoms with Gasteiger partial charge in [-0.2, -0.15) is 0 Å². The molecule has 0 amide bonds. The molecule has 4 aliphatic rings. The number of hydrogen-bond donors (Lipinski definition) is 1. The smallest absolute Gasteiger partial charge is 0.0577 e. The van der Waals surface area contributed by atoms with Crippen molar-refractivity contribution in [1.82, 2.24) is 0 Å². The monoisotopic (exact) mass is 412 g/mol. The molecule has 170 valence electrons. The second-order valence-electron chi connectivity index (χ2n) is 12.4. The first-order valence-electron chi connectivity index (χ1n) is 13.2. The molecule has 4 aliphatic carbocycles. The molecule has 0 spiro atoms. The van der Waals surface area contributed by atoms with Gasteiger partial charge in [0.1, 0.15) is 0 Å². The lowest BCUT2D eigenvalue weighted by Gasteiger charge is -2.58. The third-order valence-electron chi connectivity index (χ3n) is 10.8. The highest BCUT2D eigenvalue weighted by atomic mass is 16.3. The van der Waals surface area contributed by atoms with E-state index in [1.54, 1.807) is 11.1 Å². The van der Waals surface area contributed by atoms with Gasteiger partial charge in [0.05, 0.1) is 6.10 Å². The van der Waals surface area contributed by atoms with Gasteiger partial charge in [0.25, 0.3) is 0 Å². The predicted octanol–water partition coefficient (Wildman–Crippen LogP) is 7.94. The van der Waals surface area contributed by atoms with E-state index in [0.717, 1.165) is 42.4 Å². The Morgan fingerprint density at radius 2 is 1.87 bits per heavy atom. The second-order valence-corrected chi connectivity index (χ2v) is 12.4. The summed E-state index contributed by atoms with van der Waals surface area (Å²) in [4.78, 5) is 0. The molecule has 0 aromatic heterocycles. The van der Waals surface area contributed by atoms with Crippen LogP contribution in [-0.4, -0.2) is 11.2 Å². The van der Waals surface area contributed by atoms with Crippen LogP contribution in [0.4, 0.5) is 0 Å². The third kappa shape index (κ3) is 3.66. The minimum absolute atomic E-state index is 0.0839. The van der Waals surface area contributed by atoms with E-state index in [2.05, 4.69) is 53.7 Å². The van der Waals surface area contributed by atoms with Gasteiger partial charge in [-0.15, -0.1) is 0 Å². The molecule has 3 fully saturated rings. The average Bonchev–Trinajstić information content (AvgIpc) is 3.06. The van der Waals surface area contributed by atoms with Crippen LogP contribution in [0.5, 0.6) is 0 Å². The van der Waals surface area contributed by atoms with E-state index < -0.39 is 0 Å². The van der Waals surface area contributed by atoms with Crippen molar-refractivity contribution in [2.24, 2.45) is 46.3 Å². The van der Waals surface area contributed by atoms with Gasteiger partial charge in [-0.3, -0.25) is 0 Å². The molecule has 30 heavy (non-hydrogen) atoms. The first-order chi connectivity index (χ1) is 14.2. The molecule has 0 aromatic carbocycles. The minimum atomic E-state index is -0.0839. The molecule has 0 bridgehead atoms. The van der Waals surface area contributed by atoms with Gasteiger partial charge in [-0.1, -0.05) is 57.9 Å². The lowest BCUT2D eigenvalue weighted by atomic mass is 9.47. The molecule has 0 saturated heterocycles. The molecule has 3 saturated carbocycles. The molecule has 4 rings (SSSR count). The van der Waals surface area contributed by atoms with E-state index >= 15 is 0 Å². The predicted molar refractivity (Wildman–Crippen MR) is 128 cm³/mol. The Kier molecular flexibility index (Phi) is 6.35. The maximum Gasteiger partial charge on any atom is 0.0577 e. The van der Waals surface area contributed by atoms with Crippen molar-refractivity contribution in [3.8, 4) is 0 Å². The van der Waals surface area contributed by atoms with Crippen LogP contribution in [0.2, 0.25) is 0 Å². The summed E-state index contributed by atoms with van der Waals surface area (Å²) in [7, 11) is 0. The van der Waals surface area contributed by atoms with E-state index in [0.29, 0.717) is 16.7 Å². The minimum Gasteiger partial charge on any atom is -0.393 e. The van der Waals surface area contributed by atoms with E-state index in [9.17, 15) is 5.11 Å². The molecule has 0 aliphatic heterocycles. The number of aliphatic hydroxyl groups excluding tert-OH is 1. The van der Waals surface area contributed by atoms with Crippen LogP contribution in [0, 0.1) is 46.3 Å². The highest BCUT2D eigenvalue weighted by Crippen LogP contribution is 2.67. The summed E-state index contributed by atoms with van der Waals surface area (Å²) in [5, 5.41) is 10.2. The molecular weight excluding hydrogens is 364 g/mol. The first-order valence-corrected chi connectivity index (χ1v) is 13.2. The summed E-state index contributed by atoms with van der Waals surface area (Å²) in [6.07, 6.45) is 17.8. The van der Waals surface area contributed by atoms with Gasteiger partial charge in [0, 0.05) is 0 Å². The maximum absolute atomic E-state index is 10.2. The number of allylic oxidation sites excluding steroid dienone is 3. The maximum atomic E-state index is 10.2. The van der Waals surface area contributed by atoms with Gasteiger partial charge < -0.3 is 5.11 Å².